The van der Waals surface area contributed by atoms with Gasteiger partial charge in [-0.3, -0.25) is 0 Å². The molecule has 8 nitrogen and oxygen atoms in total. The quantitative estimate of drug-likeness (QED) is 0.312. The van der Waals surface area contributed by atoms with E-state index in [4.69, 9.17) is 38.5 Å². The maximum atomic E-state index is 8.55. The van der Waals surface area contributed by atoms with E-state index < -0.39 is 15.6 Å². The molecule has 3 radical (unpaired) electrons. The van der Waals surface area contributed by atoms with Crippen LogP contribution in [0.4, 0.5) is 0 Å². The zero-order valence-corrected chi connectivity index (χ0v) is 14.0. The van der Waals surface area contributed by atoms with Crippen LogP contribution in [0.3, 0.4) is 0 Å². The molecule has 0 bridgehead atoms. The monoisotopic (exact) mass is 289 g/mol. The fourth-order valence-corrected chi connectivity index (χ4v) is 0. The summed E-state index contributed by atoms with van der Waals surface area (Å²) in [6, 6.07) is 0. The van der Waals surface area contributed by atoms with Gasteiger partial charge in [-0.15, -0.1) is 0 Å². The third-order valence-electron chi connectivity index (χ3n) is 0. The first-order chi connectivity index (χ1) is 4.00. The van der Waals surface area contributed by atoms with Crippen LogP contribution in [0.5, 0.6) is 0 Å². The van der Waals surface area contributed by atoms with E-state index >= 15 is 0 Å². The number of phosphoric acid groups is 2. The third-order valence-corrected chi connectivity index (χ3v) is 0. The van der Waals surface area contributed by atoms with Crippen LogP contribution in [0.1, 0.15) is 0 Å². The van der Waals surface area contributed by atoms with Crippen molar-refractivity contribution in [3.63, 3.8) is 0 Å². The van der Waals surface area contributed by atoms with Crippen molar-refractivity contribution in [1.29, 1.82) is 0 Å². The van der Waals surface area contributed by atoms with Gasteiger partial charge in [0.1, 0.15) is 0 Å². The van der Waals surface area contributed by atoms with E-state index in [-0.39, 0.29) is 86.5 Å². The molecule has 67 valence electrons. The number of hydrogen-bond donors (Lipinski definition) is 0. The molecule has 14 heavy (non-hydrogen) atoms. The van der Waals surface area contributed by atoms with Gasteiger partial charge >= 0.3 is 69.2 Å². The average molecular weight is 290 g/mol. The Labute approximate surface area is 139 Å². The van der Waals surface area contributed by atoms with Crippen molar-refractivity contribution in [2.75, 3.05) is 0 Å². The first-order valence-electron chi connectivity index (χ1n) is 1.46. The minimum absolute atomic E-state index is 0. The Balaban J connectivity index is -0.0000000178. The largest absolute Gasteiger partial charge is 2.00 e. The van der Waals surface area contributed by atoms with Crippen molar-refractivity contribution >= 4 is 102 Å². The van der Waals surface area contributed by atoms with Crippen LogP contribution in [0.25, 0.3) is 0 Å². The van der Waals surface area contributed by atoms with Gasteiger partial charge in [-0.1, -0.05) is 0 Å². The van der Waals surface area contributed by atoms with Gasteiger partial charge in [0.05, 0.1) is 0 Å². The van der Waals surface area contributed by atoms with Gasteiger partial charge in [0.15, 0.2) is 0 Å². The summed E-state index contributed by atoms with van der Waals surface area (Å²) < 4.78 is 17.1. The van der Waals surface area contributed by atoms with Crippen molar-refractivity contribution in [1.82, 2.24) is 0 Å². The molecule has 0 aliphatic heterocycles. The average Bonchev–Trinajstić information content (AvgIpc) is 1.12. The molecule has 0 aliphatic rings. The predicted octanol–water partition coefficient (Wildman–Crippen LogP) is -7.17. The van der Waals surface area contributed by atoms with Crippen molar-refractivity contribution in [3.05, 3.63) is 0 Å². The second-order valence-electron chi connectivity index (χ2n) is 0.894. The maximum Gasteiger partial charge on any atom is 2.00 e. The van der Waals surface area contributed by atoms with Gasteiger partial charge in [-0.25, -0.2) is 0 Å². The van der Waals surface area contributed by atoms with Crippen LogP contribution < -0.4 is 29.4 Å². The van der Waals surface area contributed by atoms with Gasteiger partial charge < -0.3 is 38.5 Å². The number of rotatable bonds is 0. The molecule has 0 heterocycles. The topological polar surface area (TPSA) is 172 Å². The molecule has 0 amide bonds. The molecular weight excluding hydrogens is 290 g/mol. The normalized spacial score (nSPS) is 8.43. The molecule has 0 atom stereocenters. The Morgan fingerprint density at radius 3 is 0.571 bits per heavy atom. The van der Waals surface area contributed by atoms with E-state index in [2.05, 4.69) is 0 Å². The minimum atomic E-state index is -5.39. The molecular formula is AlMg3O8P2. The van der Waals surface area contributed by atoms with E-state index in [1.165, 1.54) is 0 Å². The minimum Gasteiger partial charge on any atom is -0.822 e. The summed E-state index contributed by atoms with van der Waals surface area (Å²) in [7, 11) is -10.8. The van der Waals surface area contributed by atoms with Crippen LogP contribution in [-0.2, 0) is 9.13 Å². The Hall–Kier alpha value is 3.05. The Morgan fingerprint density at radius 1 is 0.571 bits per heavy atom. The molecule has 0 saturated carbocycles. The van der Waals surface area contributed by atoms with Gasteiger partial charge in [0.2, 0.25) is 0 Å². The molecule has 0 aliphatic carbocycles. The van der Waals surface area contributed by atoms with Crippen molar-refractivity contribution < 1.29 is 38.5 Å². The molecule has 0 rings (SSSR count). The maximum absolute atomic E-state index is 8.55. The summed E-state index contributed by atoms with van der Waals surface area (Å²) in [6.45, 7) is 0. The zero-order chi connectivity index (χ0) is 9.00. The standard InChI is InChI=1S/Al.3Mg.2H3O4P/c;;;;2*1-5(2,3)4/h;;;;2*(H3,1,2,3,4)/q;3*+2;;/p-6. The van der Waals surface area contributed by atoms with Gasteiger partial charge in [0.25, 0.3) is 0 Å². The Kier molecular flexibility index (Phi) is 41.2. The van der Waals surface area contributed by atoms with E-state index in [1.807, 2.05) is 0 Å². The molecule has 0 unspecified atom stereocenters. The molecule has 0 spiro atoms. The smallest absolute Gasteiger partial charge is 0.822 e. The summed E-state index contributed by atoms with van der Waals surface area (Å²) in [5.74, 6) is 0. The van der Waals surface area contributed by atoms with Crippen LogP contribution in [-0.4, -0.2) is 86.5 Å². The van der Waals surface area contributed by atoms with E-state index in [0.29, 0.717) is 0 Å². The third kappa shape index (κ3) is 319. The van der Waals surface area contributed by atoms with Gasteiger partial charge in [-0.05, 0) is 0 Å². The summed E-state index contributed by atoms with van der Waals surface area (Å²) in [5.41, 5.74) is 0. The van der Waals surface area contributed by atoms with Crippen LogP contribution >= 0.6 is 15.6 Å². The fourth-order valence-electron chi connectivity index (χ4n) is 0. The first-order valence-corrected chi connectivity index (χ1v) is 4.38. The molecule has 0 aromatic heterocycles. The molecule has 0 aromatic carbocycles. The summed E-state index contributed by atoms with van der Waals surface area (Å²) in [5, 5.41) is 0. The second kappa shape index (κ2) is 16.1. The molecule has 0 fully saturated rings. The summed E-state index contributed by atoms with van der Waals surface area (Å²) in [4.78, 5) is 51.3. The Morgan fingerprint density at radius 2 is 0.571 bits per heavy atom. The van der Waals surface area contributed by atoms with Gasteiger partial charge in [0, 0.05) is 17.4 Å². The van der Waals surface area contributed by atoms with Crippen molar-refractivity contribution in [2.45, 2.75) is 0 Å². The van der Waals surface area contributed by atoms with Crippen LogP contribution in [0.2, 0.25) is 0 Å². The number of hydrogen-bond acceptors (Lipinski definition) is 8. The zero-order valence-electron chi connectivity index (χ0n) is 6.86. The predicted molar refractivity (Wildman–Crippen MR) is 38.2 cm³/mol. The van der Waals surface area contributed by atoms with E-state index in [0.717, 1.165) is 0 Å². The van der Waals surface area contributed by atoms with Crippen LogP contribution in [0, 0.1) is 0 Å². The Bertz CT molecular complexity index is 135. The fraction of sp³-hybridized carbons (Fsp3) is 0. The molecule has 0 aromatic rings. The van der Waals surface area contributed by atoms with Gasteiger partial charge in [-0.2, -0.15) is 15.6 Å². The SMILES string of the molecule is O=P([O-])([O-])[O-].O=P([O-])([O-])[O-].[Al].[Mg+2].[Mg+2].[Mg+2]. The first kappa shape index (κ1) is 36.0. The second-order valence-corrected chi connectivity index (χ2v) is 2.68. The van der Waals surface area contributed by atoms with E-state index in [1.54, 1.807) is 0 Å². The summed E-state index contributed by atoms with van der Waals surface area (Å²) in [6.07, 6.45) is 0. The summed E-state index contributed by atoms with van der Waals surface area (Å²) >= 11 is 0. The molecule has 0 N–H and O–H groups in total. The van der Waals surface area contributed by atoms with Crippen molar-refractivity contribution in [3.8, 4) is 0 Å². The molecule has 0 saturated heterocycles. The van der Waals surface area contributed by atoms with E-state index in [9.17, 15) is 0 Å². The van der Waals surface area contributed by atoms with Crippen molar-refractivity contribution in [2.24, 2.45) is 0 Å². The molecule has 14 heteroatoms. The van der Waals surface area contributed by atoms with Crippen LogP contribution in [0.15, 0.2) is 0 Å².